The molecule has 0 bridgehead atoms. The lowest BCUT2D eigenvalue weighted by Crippen LogP contribution is -2.21. The highest BCUT2D eigenvalue weighted by Gasteiger charge is 1.98. The summed E-state index contributed by atoms with van der Waals surface area (Å²) in [6.07, 6.45) is 0. The van der Waals surface area contributed by atoms with Gasteiger partial charge in [0.15, 0.2) is 0 Å². The second kappa shape index (κ2) is 5.68. The topological polar surface area (TPSA) is 54.2 Å². The Kier molecular flexibility index (Phi) is 4.52. The normalized spacial score (nSPS) is 10.7. The van der Waals surface area contributed by atoms with Crippen molar-refractivity contribution < 1.29 is 0 Å². The Labute approximate surface area is 91.5 Å². The molecule has 0 radical (unpaired) electrons. The molecule has 1 heterocycles. The summed E-state index contributed by atoms with van der Waals surface area (Å²) in [5.74, 6) is 0.914. The predicted octanol–water partition coefficient (Wildman–Crippen LogP) is 0.822. The molecule has 4 nitrogen and oxygen atoms in total. The second-order valence-electron chi connectivity index (χ2n) is 3.94. The molecule has 15 heavy (non-hydrogen) atoms. The predicted molar refractivity (Wildman–Crippen MR) is 63.9 cm³/mol. The van der Waals surface area contributed by atoms with Gasteiger partial charge < -0.3 is 16.0 Å². The van der Waals surface area contributed by atoms with Crippen molar-refractivity contribution in [1.82, 2.24) is 9.88 Å². The summed E-state index contributed by atoms with van der Waals surface area (Å²) in [4.78, 5) is 6.53. The standard InChI is InChI=1S/C11H20N4/c1-9-6-10(8-12)7-11(14-9)13-4-5-15(2)3/h6-7H,4-5,8,12H2,1-3H3,(H,13,14). The highest BCUT2D eigenvalue weighted by atomic mass is 15.1. The first kappa shape index (κ1) is 11.9. The van der Waals surface area contributed by atoms with Crippen LogP contribution in [0, 0.1) is 6.92 Å². The number of hydrogen-bond donors (Lipinski definition) is 2. The Bertz CT molecular complexity index is 309. The number of pyridine rings is 1. The minimum atomic E-state index is 0.561. The quantitative estimate of drug-likeness (QED) is 0.752. The molecule has 0 atom stereocenters. The molecule has 0 aliphatic carbocycles. The van der Waals surface area contributed by atoms with Crippen molar-refractivity contribution in [2.24, 2.45) is 5.73 Å². The maximum absolute atomic E-state index is 5.60. The van der Waals surface area contributed by atoms with E-state index < -0.39 is 0 Å². The van der Waals surface area contributed by atoms with Crippen LogP contribution in [0.4, 0.5) is 5.82 Å². The van der Waals surface area contributed by atoms with Gasteiger partial charge in [0.25, 0.3) is 0 Å². The van der Waals surface area contributed by atoms with E-state index in [4.69, 9.17) is 5.73 Å². The maximum atomic E-state index is 5.60. The lowest BCUT2D eigenvalue weighted by Gasteiger charge is -2.11. The van der Waals surface area contributed by atoms with Gasteiger partial charge in [-0.3, -0.25) is 0 Å². The Hall–Kier alpha value is -1.13. The minimum Gasteiger partial charge on any atom is -0.369 e. The van der Waals surface area contributed by atoms with Gasteiger partial charge in [0.05, 0.1) is 0 Å². The third-order valence-electron chi connectivity index (χ3n) is 2.11. The van der Waals surface area contributed by atoms with Crippen molar-refractivity contribution in [3.05, 3.63) is 23.4 Å². The molecule has 1 aromatic heterocycles. The van der Waals surface area contributed by atoms with E-state index in [0.717, 1.165) is 30.2 Å². The highest BCUT2D eigenvalue weighted by molar-refractivity contribution is 5.39. The molecule has 3 N–H and O–H groups in total. The Morgan fingerprint density at radius 3 is 2.73 bits per heavy atom. The molecular formula is C11H20N4. The SMILES string of the molecule is Cc1cc(CN)cc(NCCN(C)C)n1. The number of rotatable bonds is 5. The van der Waals surface area contributed by atoms with Gasteiger partial charge in [-0.05, 0) is 38.7 Å². The van der Waals surface area contributed by atoms with Gasteiger partial charge in [-0.1, -0.05) is 0 Å². The summed E-state index contributed by atoms with van der Waals surface area (Å²) in [5, 5.41) is 3.28. The zero-order valence-electron chi connectivity index (χ0n) is 9.75. The molecule has 84 valence electrons. The fourth-order valence-electron chi connectivity index (χ4n) is 1.36. The van der Waals surface area contributed by atoms with Crippen molar-refractivity contribution in [3.8, 4) is 0 Å². The van der Waals surface area contributed by atoms with E-state index in [0.29, 0.717) is 6.54 Å². The fourth-order valence-corrected chi connectivity index (χ4v) is 1.36. The van der Waals surface area contributed by atoms with Gasteiger partial charge in [0.1, 0.15) is 5.82 Å². The molecule has 1 rings (SSSR count). The summed E-state index contributed by atoms with van der Waals surface area (Å²) >= 11 is 0. The molecule has 0 unspecified atom stereocenters. The molecule has 0 amide bonds. The second-order valence-corrected chi connectivity index (χ2v) is 3.94. The van der Waals surface area contributed by atoms with Crippen LogP contribution in [0.3, 0.4) is 0 Å². The number of nitrogens with one attached hydrogen (secondary N) is 1. The minimum absolute atomic E-state index is 0.561. The lowest BCUT2D eigenvalue weighted by molar-refractivity contribution is 0.425. The molecule has 0 aromatic carbocycles. The fraction of sp³-hybridized carbons (Fsp3) is 0.545. The maximum Gasteiger partial charge on any atom is 0.126 e. The number of nitrogens with two attached hydrogens (primary N) is 1. The number of anilines is 1. The third-order valence-corrected chi connectivity index (χ3v) is 2.11. The lowest BCUT2D eigenvalue weighted by atomic mass is 10.2. The summed E-state index contributed by atoms with van der Waals surface area (Å²) in [5.41, 5.74) is 7.73. The molecule has 1 aromatic rings. The van der Waals surface area contributed by atoms with Crippen LogP contribution in [0.15, 0.2) is 12.1 Å². The van der Waals surface area contributed by atoms with Crippen molar-refractivity contribution in [2.45, 2.75) is 13.5 Å². The van der Waals surface area contributed by atoms with Crippen LogP contribution in [0.2, 0.25) is 0 Å². The van der Waals surface area contributed by atoms with Crippen LogP contribution in [-0.4, -0.2) is 37.1 Å². The molecule has 4 heteroatoms. The summed E-state index contributed by atoms with van der Waals surface area (Å²) < 4.78 is 0. The largest absolute Gasteiger partial charge is 0.369 e. The number of aryl methyl sites for hydroxylation is 1. The first-order valence-corrected chi connectivity index (χ1v) is 5.18. The van der Waals surface area contributed by atoms with Gasteiger partial charge >= 0.3 is 0 Å². The smallest absolute Gasteiger partial charge is 0.126 e. The first-order chi connectivity index (χ1) is 7.11. The van der Waals surface area contributed by atoms with Crippen molar-refractivity contribution >= 4 is 5.82 Å². The van der Waals surface area contributed by atoms with Crippen LogP contribution in [0.5, 0.6) is 0 Å². The van der Waals surface area contributed by atoms with E-state index in [9.17, 15) is 0 Å². The third kappa shape index (κ3) is 4.27. The Morgan fingerprint density at radius 2 is 2.13 bits per heavy atom. The molecule has 0 aliphatic heterocycles. The molecule has 0 saturated carbocycles. The number of aromatic nitrogens is 1. The monoisotopic (exact) mass is 208 g/mol. The summed E-state index contributed by atoms with van der Waals surface area (Å²) in [7, 11) is 4.10. The molecular weight excluding hydrogens is 188 g/mol. The average Bonchev–Trinajstić information content (AvgIpc) is 2.16. The zero-order valence-corrected chi connectivity index (χ0v) is 9.75. The Balaban J connectivity index is 2.56. The highest BCUT2D eigenvalue weighted by Crippen LogP contribution is 2.09. The van der Waals surface area contributed by atoms with Crippen LogP contribution in [0.1, 0.15) is 11.3 Å². The number of likely N-dealkylation sites (N-methyl/N-ethyl adjacent to an activating group) is 1. The Morgan fingerprint density at radius 1 is 1.40 bits per heavy atom. The summed E-state index contributed by atoms with van der Waals surface area (Å²) in [6, 6.07) is 4.01. The van der Waals surface area contributed by atoms with E-state index in [1.807, 2.05) is 19.1 Å². The van der Waals surface area contributed by atoms with Gasteiger partial charge in [-0.15, -0.1) is 0 Å². The molecule has 0 aliphatic rings. The van der Waals surface area contributed by atoms with E-state index >= 15 is 0 Å². The van der Waals surface area contributed by atoms with E-state index in [1.54, 1.807) is 0 Å². The number of hydrogen-bond acceptors (Lipinski definition) is 4. The van der Waals surface area contributed by atoms with E-state index in [2.05, 4.69) is 29.3 Å². The van der Waals surface area contributed by atoms with Gasteiger partial charge in [-0.25, -0.2) is 4.98 Å². The van der Waals surface area contributed by atoms with E-state index in [1.165, 1.54) is 0 Å². The van der Waals surface area contributed by atoms with Crippen LogP contribution >= 0.6 is 0 Å². The number of nitrogens with zero attached hydrogens (tertiary/aromatic N) is 2. The van der Waals surface area contributed by atoms with Gasteiger partial charge in [0.2, 0.25) is 0 Å². The van der Waals surface area contributed by atoms with Gasteiger partial charge in [0, 0.05) is 25.3 Å². The van der Waals surface area contributed by atoms with Crippen molar-refractivity contribution in [3.63, 3.8) is 0 Å². The average molecular weight is 208 g/mol. The van der Waals surface area contributed by atoms with Crippen LogP contribution < -0.4 is 11.1 Å². The molecule has 0 saturated heterocycles. The van der Waals surface area contributed by atoms with Crippen molar-refractivity contribution in [1.29, 1.82) is 0 Å². The van der Waals surface area contributed by atoms with Crippen molar-refractivity contribution in [2.75, 3.05) is 32.5 Å². The van der Waals surface area contributed by atoms with E-state index in [-0.39, 0.29) is 0 Å². The molecule has 0 spiro atoms. The summed E-state index contributed by atoms with van der Waals surface area (Å²) in [6.45, 7) is 4.43. The van der Waals surface area contributed by atoms with Gasteiger partial charge in [-0.2, -0.15) is 0 Å². The molecule has 0 fully saturated rings. The van der Waals surface area contributed by atoms with Crippen LogP contribution in [0.25, 0.3) is 0 Å². The zero-order chi connectivity index (χ0) is 11.3. The van der Waals surface area contributed by atoms with Crippen LogP contribution in [-0.2, 0) is 6.54 Å². The first-order valence-electron chi connectivity index (χ1n) is 5.18.